The molecule has 2 aromatic rings. The van der Waals surface area contributed by atoms with Gasteiger partial charge in [0.15, 0.2) is 0 Å². The number of rotatable bonds is 6. The van der Waals surface area contributed by atoms with Crippen LogP contribution in [0.4, 0.5) is 0 Å². The molecule has 0 bridgehead atoms. The highest BCUT2D eigenvalue weighted by molar-refractivity contribution is 9.10. The minimum absolute atomic E-state index is 0.517. The van der Waals surface area contributed by atoms with Crippen LogP contribution in [0.5, 0.6) is 5.75 Å². The summed E-state index contributed by atoms with van der Waals surface area (Å²) in [7, 11) is 0. The van der Waals surface area contributed by atoms with Crippen LogP contribution in [-0.2, 0) is 13.2 Å². The Labute approximate surface area is 139 Å². The fraction of sp³-hybridized carbons (Fsp3) is 0.294. The first-order valence-electron chi connectivity index (χ1n) is 6.97. The zero-order chi connectivity index (χ0) is 15.2. The smallest absolute Gasteiger partial charge is 0.124 e. The highest BCUT2D eigenvalue weighted by Gasteiger charge is 2.05. The summed E-state index contributed by atoms with van der Waals surface area (Å²) in [4.78, 5) is 0. The molecule has 0 spiro atoms. The van der Waals surface area contributed by atoms with E-state index in [4.69, 9.17) is 16.3 Å². The number of hydrogen-bond donors (Lipinski definition) is 1. The van der Waals surface area contributed by atoms with Gasteiger partial charge < -0.3 is 10.1 Å². The number of ether oxygens (including phenoxy) is 1. The normalized spacial score (nSPS) is 10.7. The summed E-state index contributed by atoms with van der Waals surface area (Å²) in [5.74, 6) is 0.825. The second-order valence-corrected chi connectivity index (χ2v) is 6.20. The van der Waals surface area contributed by atoms with E-state index >= 15 is 0 Å². The average Bonchev–Trinajstić information content (AvgIpc) is 2.47. The third-order valence-corrected chi connectivity index (χ3v) is 4.20. The van der Waals surface area contributed by atoms with E-state index in [1.807, 2.05) is 25.1 Å². The maximum Gasteiger partial charge on any atom is 0.124 e. The van der Waals surface area contributed by atoms with E-state index in [0.29, 0.717) is 11.6 Å². The molecule has 0 aliphatic carbocycles. The SMILES string of the molecule is CCNCc1ccc(COc2cc(Cl)ccc2C)c(Br)c1. The summed E-state index contributed by atoms with van der Waals surface area (Å²) < 4.78 is 6.94. The molecule has 0 amide bonds. The molecule has 0 aliphatic rings. The van der Waals surface area contributed by atoms with E-state index in [0.717, 1.165) is 34.4 Å². The van der Waals surface area contributed by atoms with Gasteiger partial charge in [0.25, 0.3) is 0 Å². The van der Waals surface area contributed by atoms with Crippen LogP contribution in [0.25, 0.3) is 0 Å². The van der Waals surface area contributed by atoms with E-state index in [1.54, 1.807) is 0 Å². The summed E-state index contributed by atoms with van der Waals surface area (Å²) >= 11 is 9.61. The van der Waals surface area contributed by atoms with E-state index < -0.39 is 0 Å². The van der Waals surface area contributed by atoms with Crippen molar-refractivity contribution in [1.82, 2.24) is 5.32 Å². The van der Waals surface area contributed by atoms with Crippen molar-refractivity contribution in [2.75, 3.05) is 6.54 Å². The first kappa shape index (κ1) is 16.3. The second-order valence-electron chi connectivity index (χ2n) is 4.90. The van der Waals surface area contributed by atoms with Gasteiger partial charge in [-0.3, -0.25) is 0 Å². The largest absolute Gasteiger partial charge is 0.489 e. The molecular weight excluding hydrogens is 350 g/mol. The highest BCUT2D eigenvalue weighted by atomic mass is 79.9. The molecule has 0 unspecified atom stereocenters. The third-order valence-electron chi connectivity index (χ3n) is 3.23. The quantitative estimate of drug-likeness (QED) is 0.766. The Bertz CT molecular complexity index is 616. The van der Waals surface area contributed by atoms with Crippen molar-refractivity contribution in [2.45, 2.75) is 27.0 Å². The van der Waals surface area contributed by atoms with Gasteiger partial charge in [0, 0.05) is 21.6 Å². The van der Waals surface area contributed by atoms with E-state index in [1.165, 1.54) is 5.56 Å². The minimum Gasteiger partial charge on any atom is -0.489 e. The van der Waals surface area contributed by atoms with Gasteiger partial charge in [-0.1, -0.05) is 52.7 Å². The lowest BCUT2D eigenvalue weighted by Gasteiger charge is -2.12. The Hall–Kier alpha value is -1.03. The molecule has 112 valence electrons. The lowest BCUT2D eigenvalue weighted by atomic mass is 10.1. The number of hydrogen-bond acceptors (Lipinski definition) is 2. The maximum absolute atomic E-state index is 6.00. The van der Waals surface area contributed by atoms with Gasteiger partial charge in [-0.2, -0.15) is 0 Å². The first-order chi connectivity index (χ1) is 10.1. The molecule has 2 rings (SSSR count). The Balaban J connectivity index is 2.04. The first-order valence-corrected chi connectivity index (χ1v) is 8.14. The number of benzene rings is 2. The summed E-state index contributed by atoms with van der Waals surface area (Å²) in [6, 6.07) is 12.0. The van der Waals surface area contributed by atoms with Gasteiger partial charge in [-0.25, -0.2) is 0 Å². The molecule has 0 heterocycles. The average molecular weight is 369 g/mol. The van der Waals surface area contributed by atoms with Gasteiger partial charge in [-0.15, -0.1) is 0 Å². The maximum atomic E-state index is 6.00. The Morgan fingerprint density at radius 3 is 2.71 bits per heavy atom. The molecule has 0 aromatic heterocycles. The molecule has 0 aliphatic heterocycles. The topological polar surface area (TPSA) is 21.3 Å². The lowest BCUT2D eigenvalue weighted by molar-refractivity contribution is 0.303. The van der Waals surface area contributed by atoms with Crippen molar-refractivity contribution >= 4 is 27.5 Å². The van der Waals surface area contributed by atoms with Crippen molar-refractivity contribution in [3.05, 3.63) is 62.6 Å². The molecule has 0 radical (unpaired) electrons. The zero-order valence-electron chi connectivity index (χ0n) is 12.2. The van der Waals surface area contributed by atoms with Crippen LogP contribution in [0.2, 0.25) is 5.02 Å². The van der Waals surface area contributed by atoms with Crippen molar-refractivity contribution in [3.8, 4) is 5.75 Å². The van der Waals surface area contributed by atoms with Gasteiger partial charge in [0.2, 0.25) is 0 Å². The molecule has 2 nitrogen and oxygen atoms in total. The van der Waals surface area contributed by atoms with Crippen molar-refractivity contribution in [3.63, 3.8) is 0 Å². The predicted octanol–water partition coefficient (Wildman–Crippen LogP) is 5.10. The Morgan fingerprint density at radius 1 is 1.19 bits per heavy atom. The predicted molar refractivity (Wildman–Crippen MR) is 92.0 cm³/mol. The van der Waals surface area contributed by atoms with E-state index in [9.17, 15) is 0 Å². The van der Waals surface area contributed by atoms with Crippen LogP contribution < -0.4 is 10.1 Å². The van der Waals surface area contributed by atoms with Gasteiger partial charge in [0.05, 0.1) is 0 Å². The van der Waals surface area contributed by atoms with Crippen LogP contribution in [0, 0.1) is 6.92 Å². The van der Waals surface area contributed by atoms with Gasteiger partial charge in [0.1, 0.15) is 12.4 Å². The Kier molecular flexibility index (Phi) is 6.09. The third kappa shape index (κ3) is 4.73. The zero-order valence-corrected chi connectivity index (χ0v) is 14.6. The van der Waals surface area contributed by atoms with Crippen molar-refractivity contribution in [1.29, 1.82) is 0 Å². The number of aryl methyl sites for hydroxylation is 1. The fourth-order valence-corrected chi connectivity index (χ4v) is 2.67. The molecule has 21 heavy (non-hydrogen) atoms. The lowest BCUT2D eigenvalue weighted by Crippen LogP contribution is -2.11. The molecule has 0 fully saturated rings. The molecule has 2 aromatic carbocycles. The molecular formula is C17H19BrClNO. The van der Waals surface area contributed by atoms with Gasteiger partial charge in [-0.05, 0) is 42.8 Å². The minimum atomic E-state index is 0.517. The summed E-state index contributed by atoms with van der Waals surface area (Å²) in [6.45, 7) is 6.48. The molecule has 1 N–H and O–H groups in total. The van der Waals surface area contributed by atoms with Crippen LogP contribution >= 0.6 is 27.5 Å². The number of nitrogens with one attached hydrogen (secondary N) is 1. The van der Waals surface area contributed by atoms with Gasteiger partial charge >= 0.3 is 0 Å². The number of halogens is 2. The summed E-state index contributed by atoms with van der Waals surface area (Å²) in [5.41, 5.74) is 3.46. The Morgan fingerprint density at radius 2 is 2.00 bits per heavy atom. The summed E-state index contributed by atoms with van der Waals surface area (Å²) in [6.07, 6.45) is 0. The summed E-state index contributed by atoms with van der Waals surface area (Å²) in [5, 5.41) is 4.01. The molecule has 0 saturated carbocycles. The van der Waals surface area contributed by atoms with Crippen LogP contribution in [0.3, 0.4) is 0 Å². The van der Waals surface area contributed by atoms with Crippen LogP contribution in [0.15, 0.2) is 40.9 Å². The van der Waals surface area contributed by atoms with Crippen molar-refractivity contribution < 1.29 is 4.74 Å². The highest BCUT2D eigenvalue weighted by Crippen LogP contribution is 2.25. The van der Waals surface area contributed by atoms with Crippen LogP contribution in [-0.4, -0.2) is 6.54 Å². The van der Waals surface area contributed by atoms with E-state index in [-0.39, 0.29) is 0 Å². The monoisotopic (exact) mass is 367 g/mol. The van der Waals surface area contributed by atoms with Crippen LogP contribution in [0.1, 0.15) is 23.6 Å². The standard InChI is InChI=1S/C17H19BrClNO/c1-3-20-10-13-5-6-14(16(18)8-13)11-21-17-9-15(19)7-4-12(17)2/h4-9,20H,3,10-11H2,1-2H3. The fourth-order valence-electron chi connectivity index (χ4n) is 1.97. The molecule has 0 saturated heterocycles. The van der Waals surface area contributed by atoms with E-state index in [2.05, 4.69) is 46.4 Å². The second kappa shape index (κ2) is 7.83. The van der Waals surface area contributed by atoms with Crippen molar-refractivity contribution in [2.24, 2.45) is 0 Å². The molecule has 4 heteroatoms. The molecule has 0 atom stereocenters.